The summed E-state index contributed by atoms with van der Waals surface area (Å²) < 4.78 is 38.2. The fourth-order valence-corrected chi connectivity index (χ4v) is 2.56. The van der Waals surface area contributed by atoms with Crippen LogP contribution in [0, 0.1) is 37.6 Å². The summed E-state index contributed by atoms with van der Waals surface area (Å²) in [5, 5.41) is 0.780. The van der Waals surface area contributed by atoms with E-state index in [1.54, 1.807) is 26.0 Å². The van der Waals surface area contributed by atoms with E-state index in [0.717, 1.165) is 0 Å². The Morgan fingerprint density at radius 3 is 1.79 bits per heavy atom. The zero-order valence-electron chi connectivity index (χ0n) is 17.3. The number of hydrogen-bond acceptors (Lipinski definition) is 2. The van der Waals surface area contributed by atoms with Crippen molar-refractivity contribution in [1.82, 2.24) is 0 Å². The minimum Gasteiger partial charge on any atom is -0.401 e. The van der Waals surface area contributed by atoms with Crippen molar-refractivity contribution in [3.8, 4) is 0 Å². The normalized spacial score (nSPS) is 16.3. The van der Waals surface area contributed by atoms with Crippen LogP contribution in [0.15, 0.2) is 18.2 Å². The summed E-state index contributed by atoms with van der Waals surface area (Å²) >= 11 is 11.4. The fourth-order valence-electron chi connectivity index (χ4n) is 2.27. The molecular formula is C20H21BCl2F2O2Y2-2. The van der Waals surface area contributed by atoms with E-state index < -0.39 is 24.1 Å². The van der Waals surface area contributed by atoms with Gasteiger partial charge in [-0.1, -0.05) is 29.4 Å². The number of rotatable bonds is 1. The van der Waals surface area contributed by atoms with Gasteiger partial charge in [-0.3, -0.25) is 8.78 Å². The average molecular weight is 591 g/mol. The maximum atomic E-state index is 14.1. The van der Waals surface area contributed by atoms with Gasteiger partial charge in [0.2, 0.25) is 0 Å². The first-order valence-corrected chi connectivity index (χ1v) is 9.16. The summed E-state index contributed by atoms with van der Waals surface area (Å²) in [6, 6.07) is 9.72. The summed E-state index contributed by atoms with van der Waals surface area (Å²) in [5.74, 6) is -0.719. The smallest absolute Gasteiger partial charge is 0.401 e. The number of hydrogen-bond donors (Lipinski definition) is 0. The molecule has 1 fully saturated rings. The first-order chi connectivity index (χ1) is 12.4. The molecule has 0 aliphatic carbocycles. The van der Waals surface area contributed by atoms with E-state index >= 15 is 0 Å². The molecular weight excluding hydrogens is 570 g/mol. The molecule has 1 saturated heterocycles. The van der Waals surface area contributed by atoms with E-state index in [2.05, 4.69) is 12.1 Å². The van der Waals surface area contributed by atoms with Crippen LogP contribution >= 0.6 is 23.2 Å². The molecule has 0 unspecified atom stereocenters. The molecule has 0 aromatic heterocycles. The van der Waals surface area contributed by atoms with Crippen molar-refractivity contribution in [1.29, 1.82) is 0 Å². The van der Waals surface area contributed by atoms with Gasteiger partial charge in [-0.2, -0.15) is 47.5 Å². The molecule has 0 spiro atoms. The molecule has 2 aromatic rings. The van der Waals surface area contributed by atoms with Gasteiger partial charge in [0, 0.05) is 77.1 Å². The monoisotopic (exact) mass is 590 g/mol. The van der Waals surface area contributed by atoms with Crippen LogP contribution in [0.1, 0.15) is 38.8 Å². The molecule has 29 heavy (non-hydrogen) atoms. The van der Waals surface area contributed by atoms with Gasteiger partial charge in [0.1, 0.15) is 0 Å². The molecule has 2 radical (unpaired) electrons. The summed E-state index contributed by atoms with van der Waals surface area (Å²) in [7, 11) is -0.744. The second-order valence-corrected chi connectivity index (χ2v) is 8.17. The minimum absolute atomic E-state index is 0. The molecule has 0 saturated carbocycles. The summed E-state index contributed by atoms with van der Waals surface area (Å²) in [6.45, 7) is 11.0. The van der Waals surface area contributed by atoms with Gasteiger partial charge in [0.15, 0.2) is 0 Å². The van der Waals surface area contributed by atoms with Gasteiger partial charge in [0.25, 0.3) is 0 Å². The van der Waals surface area contributed by atoms with Crippen molar-refractivity contribution >= 4 is 35.8 Å². The van der Waals surface area contributed by atoms with Crippen LogP contribution in [0.25, 0.3) is 0 Å². The van der Waals surface area contributed by atoms with Gasteiger partial charge >= 0.3 is 7.12 Å². The van der Waals surface area contributed by atoms with Gasteiger partial charge in [-0.05, 0) is 27.7 Å². The number of benzene rings is 2. The fraction of sp³-hybridized carbons (Fsp3) is 0.400. The van der Waals surface area contributed by atoms with Crippen molar-refractivity contribution in [2.75, 3.05) is 0 Å². The quantitative estimate of drug-likeness (QED) is 0.324. The Morgan fingerprint density at radius 1 is 0.862 bits per heavy atom. The van der Waals surface area contributed by atoms with Crippen LogP contribution in [0.4, 0.5) is 8.78 Å². The molecule has 0 atom stereocenters. The third-order valence-electron chi connectivity index (χ3n) is 4.90. The Morgan fingerprint density at radius 2 is 1.34 bits per heavy atom. The molecule has 3 rings (SSSR count). The molecule has 2 nitrogen and oxygen atoms in total. The van der Waals surface area contributed by atoms with Crippen molar-refractivity contribution in [2.24, 2.45) is 0 Å². The van der Waals surface area contributed by atoms with Crippen LogP contribution in [0.2, 0.25) is 10.0 Å². The Bertz CT molecular complexity index is 815. The second-order valence-electron chi connectivity index (χ2n) is 7.35. The standard InChI is InChI=1S/C13H16BClFO2.C7H5ClF.2Y/c1-8-10(15)7-6-9(11(8)16)14-17-12(2,3)13(4,5)18-14;1-5-6(8)3-2-4-7(5)9;;/h7H,1-5H3;3-4H,1H3;;/q2*-1;;. The van der Waals surface area contributed by atoms with Crippen LogP contribution in [-0.2, 0) is 74.7 Å². The van der Waals surface area contributed by atoms with Crippen molar-refractivity contribution in [3.63, 3.8) is 0 Å². The third-order valence-corrected chi connectivity index (χ3v) is 5.69. The molecule has 1 aliphatic heterocycles. The first-order valence-electron chi connectivity index (χ1n) is 8.41. The van der Waals surface area contributed by atoms with Gasteiger partial charge in [0.05, 0.1) is 11.2 Å². The first kappa shape index (κ1) is 30.1. The molecule has 2 aromatic carbocycles. The van der Waals surface area contributed by atoms with E-state index in [0.29, 0.717) is 21.2 Å². The van der Waals surface area contributed by atoms with E-state index in [1.165, 1.54) is 6.07 Å². The summed E-state index contributed by atoms with van der Waals surface area (Å²) in [5.41, 5.74) is 0.155. The summed E-state index contributed by atoms with van der Waals surface area (Å²) in [4.78, 5) is 0. The predicted molar refractivity (Wildman–Crippen MR) is 106 cm³/mol. The van der Waals surface area contributed by atoms with Crippen LogP contribution in [-0.4, -0.2) is 18.3 Å². The summed E-state index contributed by atoms with van der Waals surface area (Å²) in [6.07, 6.45) is 0. The van der Waals surface area contributed by atoms with E-state index in [4.69, 9.17) is 32.5 Å². The molecule has 1 aliphatic rings. The second kappa shape index (κ2) is 11.8. The molecule has 0 amide bonds. The van der Waals surface area contributed by atoms with Gasteiger partial charge in [-0.15, -0.1) is 17.2 Å². The molecule has 152 valence electrons. The predicted octanol–water partition coefficient (Wildman–Crippen LogP) is 5.47. The topological polar surface area (TPSA) is 18.5 Å². The Balaban J connectivity index is 0.000000610. The molecule has 9 heteroatoms. The zero-order valence-corrected chi connectivity index (χ0v) is 24.5. The van der Waals surface area contributed by atoms with Crippen LogP contribution in [0.3, 0.4) is 0 Å². The minimum atomic E-state index is -0.744. The maximum absolute atomic E-state index is 14.1. The van der Waals surface area contributed by atoms with E-state index in [9.17, 15) is 8.78 Å². The Kier molecular flexibility index (Phi) is 12.2. The van der Waals surface area contributed by atoms with Gasteiger partial charge in [-0.25, -0.2) is 0 Å². The van der Waals surface area contributed by atoms with Crippen molar-refractivity contribution in [3.05, 3.63) is 63.1 Å². The molecule has 1 heterocycles. The van der Waals surface area contributed by atoms with Gasteiger partial charge < -0.3 is 9.31 Å². The Hall–Kier alpha value is 1.07. The maximum Gasteiger partial charge on any atom is 0.471 e. The van der Waals surface area contributed by atoms with E-state index in [-0.39, 0.29) is 76.7 Å². The largest absolute Gasteiger partial charge is 0.471 e. The Labute approximate surface area is 232 Å². The van der Waals surface area contributed by atoms with Crippen molar-refractivity contribution in [2.45, 2.75) is 52.7 Å². The third kappa shape index (κ3) is 7.03. The average Bonchev–Trinajstić information content (AvgIpc) is 2.78. The number of halogens is 4. The SMILES string of the molecule is Cc1c(Cl)c[c-]c(B2OC(C)(C)C(C)(C)O2)c1F.Cc1c(F)c[c-]cc1Cl.[Y].[Y]. The van der Waals surface area contributed by atoms with E-state index in [1.807, 2.05) is 27.7 Å². The van der Waals surface area contributed by atoms with Crippen molar-refractivity contribution < 1.29 is 83.5 Å². The molecule has 0 bridgehead atoms. The molecule has 0 N–H and O–H groups in total. The van der Waals surface area contributed by atoms with Crippen LogP contribution < -0.4 is 5.46 Å². The zero-order chi connectivity index (χ0) is 20.6. The van der Waals surface area contributed by atoms with Crippen LogP contribution in [0.5, 0.6) is 0 Å².